The molecule has 111 heavy (non-hydrogen) atoms. The topological polar surface area (TPSA) is 231 Å². The van der Waals surface area contributed by atoms with Gasteiger partial charge in [0.25, 0.3) is 0 Å². The second-order valence-corrected chi connectivity index (χ2v) is 31.1. The zero-order chi connectivity index (χ0) is 80.8. The van der Waals surface area contributed by atoms with Gasteiger partial charge in [-0.15, -0.1) is 0 Å². The Morgan fingerprint density at radius 2 is 0.450 bits per heavy atom. The number of aliphatic hydroxyl groups is 2. The molecule has 4 N–H and O–H groups in total. The number of carbonyl (C=O) groups is 3. The number of hydrogen-bond acceptors (Lipinski definition) is 14. The van der Waals surface area contributed by atoms with E-state index in [1.165, 1.54) is 103 Å². The quantitative estimate of drug-likeness (QED) is 0.0146. The van der Waals surface area contributed by atoms with Gasteiger partial charge in [-0.2, -0.15) is 0 Å². The molecule has 0 aliphatic heterocycles. The number of rotatable bonds is 80. The smallest absolute Gasteiger partial charge is 0.463 e. The summed E-state index contributed by atoms with van der Waals surface area (Å²) < 4.78 is 61.2. The van der Waals surface area contributed by atoms with E-state index in [1.54, 1.807) is 0 Å². The van der Waals surface area contributed by atoms with Gasteiger partial charge in [0.2, 0.25) is 0 Å². The Morgan fingerprint density at radius 3 is 0.712 bits per heavy atom. The molecule has 0 bridgehead atoms. The second-order valence-electron chi connectivity index (χ2n) is 28.2. The summed E-state index contributed by atoms with van der Waals surface area (Å²) in [6.07, 6.45) is 110. The largest absolute Gasteiger partial charge is 0.472 e. The fourth-order valence-electron chi connectivity index (χ4n) is 11.2. The number of allylic oxidation sites excluding steroid dienone is 30. The summed E-state index contributed by atoms with van der Waals surface area (Å²) in [4.78, 5) is 58.8. The van der Waals surface area contributed by atoms with Gasteiger partial charge in [-0.05, 0) is 154 Å². The molecule has 0 amide bonds. The normalized spacial score (nSPS) is 14.8. The van der Waals surface area contributed by atoms with Crippen LogP contribution in [0.25, 0.3) is 0 Å². The standard InChI is InChI=1S/C93H154O16P2/c1-4-7-10-13-16-19-22-25-28-31-33-35-37-38-39-40-41-42-43-44-45-46-47-48-50-52-53-56-58-61-64-67-70-73-76-79-91(96)103-82-88(94)83-105-110(99,100)106-84-89(95)85-107-111(101,102)108-87-90(109-93(98)81-78-75-72-69-66-63-60-55-30-27-24-21-18-15-12-9-6-3)86-104-92(97)80-77-74-71-68-65-62-59-57-54-51-49-36-34-32-29-26-23-20-17-14-11-8-5-2/h7-12,16-21,25-30,33-36,38-39,51,54,59-60,62-63,88-90,94-95H,4-6,13-15,22-24,31-32,37,40-50,52-53,55-58,61,64-87H2,1-3H3,(H,99,100)(H,101,102)/b10-7-,11-8-,12-9-,19-16-,20-17-,21-18-,28-25-,29-26-,30-27-,35-33-,36-34-,39-38-,54-51-,62-59-,63-60-. The van der Waals surface area contributed by atoms with Gasteiger partial charge >= 0.3 is 33.6 Å². The zero-order valence-electron chi connectivity index (χ0n) is 69.3. The highest BCUT2D eigenvalue weighted by molar-refractivity contribution is 7.47. The first-order chi connectivity index (χ1) is 54.2. The Morgan fingerprint density at radius 1 is 0.252 bits per heavy atom. The van der Waals surface area contributed by atoms with Gasteiger partial charge in [-0.3, -0.25) is 32.5 Å². The first kappa shape index (κ1) is 106. The van der Waals surface area contributed by atoms with E-state index in [0.29, 0.717) is 19.3 Å². The van der Waals surface area contributed by atoms with Crippen LogP contribution in [0.4, 0.5) is 0 Å². The minimum atomic E-state index is -4.95. The van der Waals surface area contributed by atoms with Crippen molar-refractivity contribution in [1.82, 2.24) is 0 Å². The summed E-state index contributed by atoms with van der Waals surface area (Å²) in [6, 6.07) is 0. The van der Waals surface area contributed by atoms with E-state index in [1.807, 2.05) is 0 Å². The molecule has 0 saturated carbocycles. The predicted octanol–water partition coefficient (Wildman–Crippen LogP) is 26.1. The van der Waals surface area contributed by atoms with Gasteiger partial charge < -0.3 is 34.2 Å². The van der Waals surface area contributed by atoms with Crippen LogP contribution in [0.1, 0.15) is 329 Å². The molecule has 0 aromatic heterocycles. The summed E-state index contributed by atoms with van der Waals surface area (Å²) >= 11 is 0. The van der Waals surface area contributed by atoms with Gasteiger partial charge in [0, 0.05) is 19.3 Å². The molecule has 5 atom stereocenters. The highest BCUT2D eigenvalue weighted by Gasteiger charge is 2.29. The van der Waals surface area contributed by atoms with Crippen molar-refractivity contribution in [2.24, 2.45) is 0 Å². The Labute approximate surface area is 675 Å². The van der Waals surface area contributed by atoms with Crippen molar-refractivity contribution in [3.05, 3.63) is 182 Å². The third kappa shape index (κ3) is 85.4. The van der Waals surface area contributed by atoms with E-state index in [4.69, 9.17) is 32.3 Å². The van der Waals surface area contributed by atoms with Crippen molar-refractivity contribution in [1.29, 1.82) is 0 Å². The van der Waals surface area contributed by atoms with Crippen molar-refractivity contribution in [3.8, 4) is 0 Å². The predicted molar refractivity (Wildman–Crippen MR) is 463 cm³/mol. The van der Waals surface area contributed by atoms with E-state index >= 15 is 0 Å². The lowest BCUT2D eigenvalue weighted by Crippen LogP contribution is -2.30. The Hall–Kier alpha value is -5.35. The number of esters is 3. The molecule has 0 saturated heterocycles. The van der Waals surface area contributed by atoms with Crippen LogP contribution in [0.15, 0.2) is 182 Å². The minimum absolute atomic E-state index is 0.0643. The number of phosphoric ester groups is 2. The summed E-state index contributed by atoms with van der Waals surface area (Å²) in [5.74, 6) is -1.64. The van der Waals surface area contributed by atoms with Crippen LogP contribution in [0, 0.1) is 0 Å². The summed E-state index contributed by atoms with van der Waals surface area (Å²) in [6.45, 7) is 2.29. The molecule has 0 radical (unpaired) electrons. The van der Waals surface area contributed by atoms with Crippen LogP contribution in [0.2, 0.25) is 0 Å². The third-order valence-electron chi connectivity index (χ3n) is 17.6. The molecule has 0 aromatic carbocycles. The molecule has 0 aliphatic carbocycles. The number of carbonyl (C=O) groups excluding carboxylic acids is 3. The van der Waals surface area contributed by atoms with Crippen LogP contribution < -0.4 is 0 Å². The maximum Gasteiger partial charge on any atom is 0.472 e. The third-order valence-corrected chi connectivity index (χ3v) is 19.5. The molecular weight excluding hydrogens is 1430 g/mol. The monoisotopic (exact) mass is 1590 g/mol. The molecule has 632 valence electrons. The van der Waals surface area contributed by atoms with Crippen molar-refractivity contribution < 1.29 is 75.8 Å². The van der Waals surface area contributed by atoms with E-state index in [0.717, 1.165) is 167 Å². The van der Waals surface area contributed by atoms with Gasteiger partial charge in [-0.25, -0.2) is 9.13 Å². The lowest BCUT2D eigenvalue weighted by atomic mass is 10.0. The van der Waals surface area contributed by atoms with Crippen LogP contribution in [0.3, 0.4) is 0 Å². The molecule has 0 aliphatic rings. The SMILES string of the molecule is CC/C=C\C/C=C\C/C=C\C/C=C\C/C=C\C/C=C\CCCCCCC(=O)OCC(COP(=O)(O)OCC(O)COP(=O)(O)OCC(O)COC(=O)CCCCCCCCCCCCCCCCCCCCC/C=C\C/C=C\C/C=C\C/C=C\C/C=C\CC)OC(=O)CCCCCC/C=C\C/C=C\C/C=C\C/C=C\CC. The lowest BCUT2D eigenvalue weighted by Gasteiger charge is -2.21. The van der Waals surface area contributed by atoms with E-state index in [9.17, 15) is 43.5 Å². The van der Waals surface area contributed by atoms with E-state index in [-0.39, 0.29) is 19.3 Å². The summed E-state index contributed by atoms with van der Waals surface area (Å²) in [5, 5.41) is 20.7. The fourth-order valence-corrected chi connectivity index (χ4v) is 12.8. The van der Waals surface area contributed by atoms with Gasteiger partial charge in [0.1, 0.15) is 25.4 Å². The van der Waals surface area contributed by atoms with Crippen LogP contribution in [-0.2, 0) is 55.8 Å². The summed E-state index contributed by atoms with van der Waals surface area (Å²) in [5.41, 5.74) is 0. The number of ether oxygens (including phenoxy) is 3. The van der Waals surface area contributed by atoms with Crippen LogP contribution in [-0.4, -0.2) is 95.9 Å². The van der Waals surface area contributed by atoms with Crippen molar-refractivity contribution in [2.45, 2.75) is 347 Å². The summed E-state index contributed by atoms with van der Waals surface area (Å²) in [7, 11) is -9.82. The van der Waals surface area contributed by atoms with Crippen molar-refractivity contribution in [2.75, 3.05) is 39.6 Å². The van der Waals surface area contributed by atoms with Crippen LogP contribution in [0.5, 0.6) is 0 Å². The Kier molecular flexibility index (Phi) is 80.0. The zero-order valence-corrected chi connectivity index (χ0v) is 71.1. The maximum atomic E-state index is 13.0. The van der Waals surface area contributed by atoms with E-state index in [2.05, 4.69) is 203 Å². The number of unbranched alkanes of at least 4 members (excludes halogenated alkanes) is 27. The Balaban J connectivity index is 4.51. The number of hydrogen-bond donors (Lipinski definition) is 4. The Bertz CT molecular complexity index is 2750. The number of aliphatic hydroxyl groups excluding tert-OH is 2. The van der Waals surface area contributed by atoms with Gasteiger partial charge in [0.05, 0.1) is 26.4 Å². The molecule has 0 rings (SSSR count). The molecule has 0 spiro atoms. The van der Waals surface area contributed by atoms with Crippen molar-refractivity contribution >= 4 is 33.6 Å². The minimum Gasteiger partial charge on any atom is -0.463 e. The highest BCUT2D eigenvalue weighted by atomic mass is 31.2. The fraction of sp³-hybridized carbons (Fsp3) is 0.645. The first-order valence-corrected chi connectivity index (χ1v) is 46.1. The van der Waals surface area contributed by atoms with Crippen molar-refractivity contribution in [3.63, 3.8) is 0 Å². The molecule has 0 fully saturated rings. The molecule has 16 nitrogen and oxygen atoms in total. The molecular formula is C93H154O16P2. The average Bonchev–Trinajstić information content (AvgIpc) is 0.904. The molecule has 5 unspecified atom stereocenters. The van der Waals surface area contributed by atoms with E-state index < -0.39 is 91.5 Å². The van der Waals surface area contributed by atoms with Gasteiger partial charge in [0.15, 0.2) is 6.10 Å². The second kappa shape index (κ2) is 84.1. The average molecular weight is 1590 g/mol. The van der Waals surface area contributed by atoms with Gasteiger partial charge in [-0.1, -0.05) is 338 Å². The molecule has 18 heteroatoms. The highest BCUT2D eigenvalue weighted by Crippen LogP contribution is 2.45. The maximum absolute atomic E-state index is 13.0. The lowest BCUT2D eigenvalue weighted by molar-refractivity contribution is -0.161. The van der Waals surface area contributed by atoms with Crippen LogP contribution >= 0.6 is 15.6 Å². The first-order valence-electron chi connectivity index (χ1n) is 43.1. The molecule has 0 heterocycles. The molecule has 0 aromatic rings. The number of phosphoric acid groups is 2.